The Morgan fingerprint density at radius 3 is 2.68 bits per heavy atom. The van der Waals surface area contributed by atoms with E-state index in [1.807, 2.05) is 20.2 Å². The average Bonchev–Trinajstić information content (AvgIpc) is 2.74. The summed E-state index contributed by atoms with van der Waals surface area (Å²) in [5, 5.41) is 11.6. The SMILES string of the molecule is CCNC(Cc1cn(C)nn1)c1ccc(C)nc1C. The van der Waals surface area contributed by atoms with Gasteiger partial charge in [0.05, 0.1) is 5.69 Å². The third-order valence-corrected chi connectivity index (χ3v) is 3.16. The summed E-state index contributed by atoms with van der Waals surface area (Å²) in [7, 11) is 1.89. The molecule has 0 amide bonds. The Kier molecular flexibility index (Phi) is 4.27. The van der Waals surface area contributed by atoms with E-state index in [9.17, 15) is 0 Å². The Hall–Kier alpha value is -1.75. The van der Waals surface area contributed by atoms with E-state index in [0.29, 0.717) is 0 Å². The maximum Gasteiger partial charge on any atom is 0.0845 e. The number of nitrogens with one attached hydrogen (secondary N) is 1. The van der Waals surface area contributed by atoms with Crippen LogP contribution in [-0.4, -0.2) is 26.5 Å². The zero-order valence-electron chi connectivity index (χ0n) is 12.0. The van der Waals surface area contributed by atoms with E-state index in [1.165, 1.54) is 5.56 Å². The summed E-state index contributed by atoms with van der Waals surface area (Å²) < 4.78 is 1.73. The van der Waals surface area contributed by atoms with Gasteiger partial charge in [0.2, 0.25) is 0 Å². The van der Waals surface area contributed by atoms with Crippen molar-refractivity contribution < 1.29 is 0 Å². The Morgan fingerprint density at radius 1 is 1.32 bits per heavy atom. The maximum atomic E-state index is 4.54. The fourth-order valence-electron chi connectivity index (χ4n) is 2.30. The fourth-order valence-corrected chi connectivity index (χ4v) is 2.30. The zero-order chi connectivity index (χ0) is 13.8. The van der Waals surface area contributed by atoms with Crippen molar-refractivity contribution in [2.24, 2.45) is 7.05 Å². The van der Waals surface area contributed by atoms with Crippen molar-refractivity contribution in [2.45, 2.75) is 33.2 Å². The lowest BCUT2D eigenvalue weighted by Crippen LogP contribution is -2.24. The van der Waals surface area contributed by atoms with Crippen molar-refractivity contribution in [3.63, 3.8) is 0 Å². The molecule has 5 nitrogen and oxygen atoms in total. The molecule has 19 heavy (non-hydrogen) atoms. The lowest BCUT2D eigenvalue weighted by molar-refractivity contribution is 0.538. The van der Waals surface area contributed by atoms with Gasteiger partial charge in [0.1, 0.15) is 0 Å². The van der Waals surface area contributed by atoms with Gasteiger partial charge in [-0.1, -0.05) is 18.2 Å². The summed E-state index contributed by atoms with van der Waals surface area (Å²) in [4.78, 5) is 4.54. The van der Waals surface area contributed by atoms with Gasteiger partial charge in [-0.2, -0.15) is 0 Å². The number of rotatable bonds is 5. The summed E-state index contributed by atoms with van der Waals surface area (Å²) in [5.41, 5.74) is 4.36. The summed E-state index contributed by atoms with van der Waals surface area (Å²) in [6.45, 7) is 7.10. The van der Waals surface area contributed by atoms with Gasteiger partial charge < -0.3 is 5.32 Å². The third kappa shape index (κ3) is 3.38. The Labute approximate surface area is 114 Å². The highest BCUT2D eigenvalue weighted by atomic mass is 15.4. The first kappa shape index (κ1) is 13.7. The van der Waals surface area contributed by atoms with Crippen LogP contribution in [0.2, 0.25) is 0 Å². The minimum atomic E-state index is 0.231. The predicted molar refractivity (Wildman–Crippen MR) is 74.8 cm³/mol. The van der Waals surface area contributed by atoms with Crippen molar-refractivity contribution in [3.8, 4) is 0 Å². The lowest BCUT2D eigenvalue weighted by atomic mass is 10.0. The van der Waals surface area contributed by atoms with Crippen LogP contribution in [0, 0.1) is 13.8 Å². The molecule has 0 aromatic carbocycles. The second-order valence-corrected chi connectivity index (χ2v) is 4.83. The van der Waals surface area contributed by atoms with Crippen LogP contribution in [-0.2, 0) is 13.5 Å². The van der Waals surface area contributed by atoms with Crippen molar-refractivity contribution in [3.05, 3.63) is 41.0 Å². The molecular formula is C14H21N5. The van der Waals surface area contributed by atoms with E-state index >= 15 is 0 Å². The smallest absolute Gasteiger partial charge is 0.0845 e. The molecule has 0 aliphatic heterocycles. The molecule has 1 atom stereocenters. The minimum Gasteiger partial charge on any atom is -0.310 e. The molecule has 0 radical (unpaired) electrons. The van der Waals surface area contributed by atoms with Crippen LogP contribution in [0.15, 0.2) is 18.3 Å². The van der Waals surface area contributed by atoms with Gasteiger partial charge >= 0.3 is 0 Å². The summed E-state index contributed by atoms with van der Waals surface area (Å²) >= 11 is 0. The highest BCUT2D eigenvalue weighted by Crippen LogP contribution is 2.20. The second-order valence-electron chi connectivity index (χ2n) is 4.83. The Balaban J connectivity index is 2.23. The highest BCUT2D eigenvalue weighted by Gasteiger charge is 2.16. The summed E-state index contributed by atoms with van der Waals surface area (Å²) in [6.07, 6.45) is 2.79. The quantitative estimate of drug-likeness (QED) is 0.888. The molecule has 0 saturated heterocycles. The normalized spacial score (nSPS) is 12.6. The number of likely N-dealkylation sites (N-methyl/N-ethyl adjacent to an activating group) is 1. The van der Waals surface area contributed by atoms with E-state index in [4.69, 9.17) is 0 Å². The summed E-state index contributed by atoms with van der Waals surface area (Å²) in [6, 6.07) is 4.44. The van der Waals surface area contributed by atoms with E-state index < -0.39 is 0 Å². The Bertz CT molecular complexity index is 547. The molecular weight excluding hydrogens is 238 g/mol. The predicted octanol–water partition coefficient (Wildman–Crippen LogP) is 1.72. The number of hydrogen-bond acceptors (Lipinski definition) is 4. The molecule has 2 aromatic heterocycles. The molecule has 2 rings (SSSR count). The molecule has 0 fully saturated rings. The number of hydrogen-bond donors (Lipinski definition) is 1. The molecule has 102 valence electrons. The molecule has 0 spiro atoms. The van der Waals surface area contributed by atoms with Gasteiger partial charge in [0, 0.05) is 37.1 Å². The number of nitrogens with zero attached hydrogens (tertiary/aromatic N) is 4. The fraction of sp³-hybridized carbons (Fsp3) is 0.500. The zero-order valence-corrected chi connectivity index (χ0v) is 12.0. The maximum absolute atomic E-state index is 4.54. The van der Waals surface area contributed by atoms with Crippen molar-refractivity contribution in [2.75, 3.05) is 6.54 Å². The van der Waals surface area contributed by atoms with Gasteiger partial charge in [-0.15, -0.1) is 5.10 Å². The first-order chi connectivity index (χ1) is 9.10. The molecule has 2 heterocycles. The first-order valence-electron chi connectivity index (χ1n) is 6.63. The van der Waals surface area contributed by atoms with Crippen LogP contribution >= 0.6 is 0 Å². The standard InChI is InChI=1S/C14H21N5/c1-5-15-14(8-12-9-19(4)18-17-12)13-7-6-10(2)16-11(13)3/h6-7,9,14-15H,5,8H2,1-4H3. The first-order valence-corrected chi connectivity index (χ1v) is 6.63. The van der Waals surface area contributed by atoms with Crippen LogP contribution in [0.5, 0.6) is 0 Å². The second kappa shape index (κ2) is 5.93. The molecule has 2 aromatic rings. The highest BCUT2D eigenvalue weighted by molar-refractivity contribution is 5.26. The van der Waals surface area contributed by atoms with Gasteiger partial charge in [0.15, 0.2) is 0 Å². The van der Waals surface area contributed by atoms with E-state index in [0.717, 1.165) is 30.0 Å². The van der Waals surface area contributed by atoms with Gasteiger partial charge in [-0.25, -0.2) is 0 Å². The van der Waals surface area contributed by atoms with Crippen molar-refractivity contribution in [1.29, 1.82) is 0 Å². The summed E-state index contributed by atoms with van der Waals surface area (Å²) in [5.74, 6) is 0. The number of pyridine rings is 1. The molecule has 1 N–H and O–H groups in total. The molecule has 0 aliphatic rings. The van der Waals surface area contributed by atoms with Crippen LogP contribution in [0.3, 0.4) is 0 Å². The molecule has 5 heteroatoms. The number of aryl methyl sites for hydroxylation is 3. The monoisotopic (exact) mass is 259 g/mol. The molecule has 1 unspecified atom stereocenters. The third-order valence-electron chi connectivity index (χ3n) is 3.16. The average molecular weight is 259 g/mol. The topological polar surface area (TPSA) is 55.6 Å². The number of aromatic nitrogens is 4. The van der Waals surface area contributed by atoms with Crippen LogP contribution in [0.4, 0.5) is 0 Å². The minimum absolute atomic E-state index is 0.231. The van der Waals surface area contributed by atoms with E-state index in [2.05, 4.69) is 46.6 Å². The largest absolute Gasteiger partial charge is 0.310 e. The van der Waals surface area contributed by atoms with E-state index in [-0.39, 0.29) is 6.04 Å². The Morgan fingerprint density at radius 2 is 2.11 bits per heavy atom. The molecule has 0 aliphatic carbocycles. The van der Waals surface area contributed by atoms with Gasteiger partial charge in [-0.3, -0.25) is 9.67 Å². The lowest BCUT2D eigenvalue weighted by Gasteiger charge is -2.19. The van der Waals surface area contributed by atoms with E-state index in [1.54, 1.807) is 4.68 Å². The van der Waals surface area contributed by atoms with Crippen LogP contribution < -0.4 is 5.32 Å². The molecule has 0 bridgehead atoms. The molecule has 0 saturated carbocycles. The van der Waals surface area contributed by atoms with Crippen molar-refractivity contribution in [1.82, 2.24) is 25.3 Å². The van der Waals surface area contributed by atoms with Gasteiger partial charge in [-0.05, 0) is 32.0 Å². The van der Waals surface area contributed by atoms with Gasteiger partial charge in [0.25, 0.3) is 0 Å². The van der Waals surface area contributed by atoms with Crippen LogP contribution in [0.1, 0.15) is 35.6 Å². The van der Waals surface area contributed by atoms with Crippen molar-refractivity contribution >= 4 is 0 Å². The van der Waals surface area contributed by atoms with Crippen LogP contribution in [0.25, 0.3) is 0 Å².